The molecule has 2 N–H and O–H groups in total. The zero-order chi connectivity index (χ0) is 12.6. The second kappa shape index (κ2) is 4.52. The number of rotatable bonds is 2. The summed E-state index contributed by atoms with van der Waals surface area (Å²) in [5.74, 6) is 0. The van der Waals surface area contributed by atoms with Crippen molar-refractivity contribution in [3.05, 3.63) is 32.6 Å². The topological polar surface area (TPSA) is 84.3 Å². The molecule has 6 nitrogen and oxygen atoms in total. The summed E-state index contributed by atoms with van der Waals surface area (Å²) in [4.78, 5) is 25.6. The molecule has 0 aliphatic carbocycles. The first-order chi connectivity index (χ1) is 8.02. The molecule has 0 bridgehead atoms. The molecule has 0 radical (unpaired) electrons. The van der Waals surface area contributed by atoms with Crippen LogP contribution in [0.1, 0.15) is 18.2 Å². The van der Waals surface area contributed by atoms with Crippen molar-refractivity contribution >= 4 is 17.1 Å². The van der Waals surface area contributed by atoms with Gasteiger partial charge >= 0.3 is 5.69 Å². The van der Waals surface area contributed by atoms with Gasteiger partial charge in [0.05, 0.1) is 6.61 Å². The van der Waals surface area contributed by atoms with Crippen molar-refractivity contribution in [1.82, 2.24) is 9.55 Å². The third kappa shape index (κ3) is 2.21. The molecule has 92 valence electrons. The number of aliphatic hydroxyl groups excluding tert-OH is 1. The van der Waals surface area contributed by atoms with Gasteiger partial charge in [0.25, 0.3) is 5.56 Å². The van der Waals surface area contributed by atoms with E-state index in [9.17, 15) is 9.59 Å². The van der Waals surface area contributed by atoms with E-state index in [1.54, 1.807) is 6.92 Å². The number of hydrogen-bond acceptors (Lipinski definition) is 5. The van der Waals surface area contributed by atoms with Crippen LogP contribution >= 0.6 is 12.2 Å². The predicted molar refractivity (Wildman–Crippen MR) is 64.3 cm³/mol. The Morgan fingerprint density at radius 3 is 2.94 bits per heavy atom. The van der Waals surface area contributed by atoms with Gasteiger partial charge in [-0.3, -0.25) is 14.3 Å². The van der Waals surface area contributed by atoms with Gasteiger partial charge in [0, 0.05) is 23.0 Å². The summed E-state index contributed by atoms with van der Waals surface area (Å²) in [6.07, 6.45) is 0.747. The molecule has 0 unspecified atom stereocenters. The second-order valence-corrected chi connectivity index (χ2v) is 4.44. The van der Waals surface area contributed by atoms with Crippen LogP contribution in [-0.2, 0) is 4.74 Å². The molecule has 2 atom stereocenters. The Morgan fingerprint density at radius 1 is 1.65 bits per heavy atom. The van der Waals surface area contributed by atoms with Gasteiger partial charge in [-0.05, 0) is 6.92 Å². The lowest BCUT2D eigenvalue weighted by Gasteiger charge is -2.14. The minimum absolute atomic E-state index is 0.202. The molecule has 0 saturated carbocycles. The number of H-pyrrole nitrogens is 1. The van der Waals surface area contributed by atoms with Crippen molar-refractivity contribution in [3.63, 3.8) is 0 Å². The van der Waals surface area contributed by atoms with Crippen LogP contribution in [0.3, 0.4) is 0 Å². The standard InChI is InChI=1S/C10H12N2O4S/c1-5-3-12(10(15)11-9(5)14)8-2-7(17)6(4-13)16-8/h3,6,8,13H,2,4H2,1H3,(H,11,14,15)/t6-,8-/m1/s1. The number of thiocarbonyl (C=S) groups is 1. The molecule has 17 heavy (non-hydrogen) atoms. The first kappa shape index (κ1) is 12.2. The van der Waals surface area contributed by atoms with Gasteiger partial charge in [0.2, 0.25) is 0 Å². The van der Waals surface area contributed by atoms with Gasteiger partial charge in [-0.2, -0.15) is 0 Å². The van der Waals surface area contributed by atoms with Crippen molar-refractivity contribution in [2.24, 2.45) is 0 Å². The van der Waals surface area contributed by atoms with E-state index in [0.717, 1.165) is 0 Å². The normalized spacial score (nSPS) is 24.2. The van der Waals surface area contributed by atoms with E-state index < -0.39 is 23.6 Å². The van der Waals surface area contributed by atoms with Gasteiger partial charge < -0.3 is 9.84 Å². The largest absolute Gasteiger partial charge is 0.393 e. The smallest absolute Gasteiger partial charge is 0.330 e. The van der Waals surface area contributed by atoms with E-state index in [4.69, 9.17) is 22.1 Å². The van der Waals surface area contributed by atoms with Crippen LogP contribution in [0.15, 0.2) is 15.8 Å². The lowest BCUT2D eigenvalue weighted by molar-refractivity contribution is -0.0147. The summed E-state index contributed by atoms with van der Waals surface area (Å²) in [5, 5.41) is 9.01. The highest BCUT2D eigenvalue weighted by molar-refractivity contribution is 7.80. The Kier molecular flexibility index (Phi) is 3.23. The number of hydrogen-bond donors (Lipinski definition) is 2. The van der Waals surface area contributed by atoms with Gasteiger partial charge in [-0.15, -0.1) is 0 Å². The molecule has 1 aliphatic heterocycles. The van der Waals surface area contributed by atoms with E-state index in [0.29, 0.717) is 16.8 Å². The molecule has 0 spiro atoms. The highest BCUT2D eigenvalue weighted by Gasteiger charge is 2.31. The van der Waals surface area contributed by atoms with Crippen LogP contribution in [0.5, 0.6) is 0 Å². The first-order valence-electron chi connectivity index (χ1n) is 5.14. The highest BCUT2D eigenvalue weighted by atomic mass is 32.1. The summed E-state index contributed by atoms with van der Waals surface area (Å²) in [6.45, 7) is 1.40. The molecule has 1 aromatic rings. The Balaban J connectivity index is 2.37. The summed E-state index contributed by atoms with van der Waals surface area (Å²) in [7, 11) is 0. The molecular formula is C10H12N2O4S. The van der Waals surface area contributed by atoms with Crippen molar-refractivity contribution in [2.75, 3.05) is 6.61 Å². The molecule has 7 heteroatoms. The van der Waals surface area contributed by atoms with Gasteiger partial charge in [0.1, 0.15) is 12.3 Å². The van der Waals surface area contributed by atoms with Gasteiger partial charge in [0.15, 0.2) is 0 Å². The number of nitrogens with one attached hydrogen (secondary N) is 1. The van der Waals surface area contributed by atoms with Crippen LogP contribution in [0, 0.1) is 6.92 Å². The molecule has 1 saturated heterocycles. The first-order valence-corrected chi connectivity index (χ1v) is 5.55. The zero-order valence-electron chi connectivity index (χ0n) is 9.17. The van der Waals surface area contributed by atoms with Crippen molar-refractivity contribution in [1.29, 1.82) is 0 Å². The number of ether oxygens (including phenoxy) is 1. The minimum atomic E-state index is -0.553. The quantitative estimate of drug-likeness (QED) is 0.697. The van der Waals surface area contributed by atoms with Crippen molar-refractivity contribution in [2.45, 2.75) is 25.7 Å². The van der Waals surface area contributed by atoms with E-state index in [2.05, 4.69) is 4.98 Å². The average molecular weight is 256 g/mol. The fraction of sp³-hybridized carbons (Fsp3) is 0.500. The lowest BCUT2D eigenvalue weighted by Crippen LogP contribution is -2.33. The van der Waals surface area contributed by atoms with Crippen LogP contribution < -0.4 is 11.2 Å². The van der Waals surface area contributed by atoms with Crippen LogP contribution in [-0.4, -0.2) is 32.2 Å². The maximum Gasteiger partial charge on any atom is 0.330 e. The molecule has 1 aliphatic rings. The summed E-state index contributed by atoms with van der Waals surface area (Å²) in [6, 6.07) is 0. The highest BCUT2D eigenvalue weighted by Crippen LogP contribution is 2.24. The number of aliphatic hydroxyl groups is 1. The number of aromatic amines is 1. The molecular weight excluding hydrogens is 244 g/mol. The third-order valence-electron chi connectivity index (χ3n) is 2.68. The Labute approximate surface area is 102 Å². The van der Waals surface area contributed by atoms with E-state index in [-0.39, 0.29) is 6.61 Å². The summed E-state index contributed by atoms with van der Waals surface area (Å²) >= 11 is 5.05. The Hall–Kier alpha value is -1.31. The molecule has 0 aromatic carbocycles. The molecule has 1 aromatic heterocycles. The fourth-order valence-corrected chi connectivity index (χ4v) is 2.00. The molecule has 1 fully saturated rings. The monoisotopic (exact) mass is 256 g/mol. The molecule has 2 rings (SSSR count). The third-order valence-corrected chi connectivity index (χ3v) is 3.11. The van der Waals surface area contributed by atoms with Crippen LogP contribution in [0.25, 0.3) is 0 Å². The maximum absolute atomic E-state index is 11.6. The van der Waals surface area contributed by atoms with E-state index in [1.165, 1.54) is 10.8 Å². The Morgan fingerprint density at radius 2 is 2.35 bits per heavy atom. The molecule has 2 heterocycles. The van der Waals surface area contributed by atoms with E-state index in [1.807, 2.05) is 0 Å². The lowest BCUT2D eigenvalue weighted by atomic mass is 10.2. The van der Waals surface area contributed by atoms with Gasteiger partial charge in [-0.25, -0.2) is 4.79 Å². The van der Waals surface area contributed by atoms with Gasteiger partial charge in [-0.1, -0.05) is 12.2 Å². The van der Waals surface area contributed by atoms with Crippen LogP contribution in [0.4, 0.5) is 0 Å². The Bertz CT molecular complexity index is 562. The predicted octanol–water partition coefficient (Wildman–Crippen LogP) is -0.505. The number of aromatic nitrogens is 2. The summed E-state index contributed by atoms with van der Waals surface area (Å²) in [5.41, 5.74) is -0.524. The average Bonchev–Trinajstić information content (AvgIpc) is 2.65. The zero-order valence-corrected chi connectivity index (χ0v) is 9.99. The van der Waals surface area contributed by atoms with Crippen molar-refractivity contribution < 1.29 is 9.84 Å². The minimum Gasteiger partial charge on any atom is -0.393 e. The van der Waals surface area contributed by atoms with E-state index >= 15 is 0 Å². The number of nitrogens with zero attached hydrogens (tertiary/aromatic N) is 1. The summed E-state index contributed by atoms with van der Waals surface area (Å²) < 4.78 is 6.72. The fourth-order valence-electron chi connectivity index (χ4n) is 1.73. The van der Waals surface area contributed by atoms with Crippen molar-refractivity contribution in [3.8, 4) is 0 Å². The number of aryl methyl sites for hydroxylation is 1. The maximum atomic E-state index is 11.6. The second-order valence-electron chi connectivity index (χ2n) is 3.91. The SMILES string of the molecule is Cc1cn([C@H]2CC(=S)[C@@H](CO)O2)c(=O)[nH]c1=O. The molecule has 0 amide bonds. The van der Waals surface area contributed by atoms with Crippen LogP contribution in [0.2, 0.25) is 0 Å².